The number of hydrogen-bond acceptors (Lipinski definition) is 4. The molecule has 0 saturated carbocycles. The van der Waals surface area contributed by atoms with E-state index in [4.69, 9.17) is 0 Å². The number of carbonyl (C=O) groups is 1. The van der Waals surface area contributed by atoms with E-state index >= 15 is 0 Å². The summed E-state index contributed by atoms with van der Waals surface area (Å²) in [7, 11) is 0. The molecular weight excluding hydrogens is 328 g/mol. The van der Waals surface area contributed by atoms with Crippen LogP contribution in [0.2, 0.25) is 0 Å². The normalized spacial score (nSPS) is 23.4. The molecule has 26 heavy (non-hydrogen) atoms. The van der Waals surface area contributed by atoms with E-state index in [1.54, 1.807) is 12.5 Å². The predicted octanol–water partition coefficient (Wildman–Crippen LogP) is 1.74. The third kappa shape index (κ3) is 3.53. The third-order valence-corrected chi connectivity index (χ3v) is 5.91. The molecule has 2 aromatic heterocycles. The highest BCUT2D eigenvalue weighted by Crippen LogP contribution is 2.29. The standard InChI is InChI=1S/C19H28N6O/c1-14-18(22-13-21-14)12-23-9-16-3-4-17(11-23)25(10-16)19(26)5-7-24-8-6-20-15(24)2/h6,8,13,16-17H,3-5,7,9-12H2,1-2H3,(H,21,22)/t16-,17+/m1/s1. The maximum Gasteiger partial charge on any atom is 0.224 e. The third-order valence-electron chi connectivity index (χ3n) is 5.91. The van der Waals surface area contributed by atoms with E-state index in [0.29, 0.717) is 24.9 Å². The molecule has 3 fully saturated rings. The van der Waals surface area contributed by atoms with Crippen molar-refractivity contribution in [1.82, 2.24) is 29.3 Å². The second kappa shape index (κ2) is 7.23. The predicted molar refractivity (Wildman–Crippen MR) is 98.4 cm³/mol. The number of hydrogen-bond donors (Lipinski definition) is 1. The number of nitrogens with zero attached hydrogens (tertiary/aromatic N) is 5. The Bertz CT molecular complexity index is 766. The number of nitrogens with one attached hydrogen (secondary N) is 1. The molecule has 0 spiro atoms. The SMILES string of the molecule is Cc1[nH]cnc1CN1C[C@H]2CC[C@@H](C1)N(C(=O)CCn1ccnc1C)C2. The molecule has 7 nitrogen and oxygen atoms in total. The molecule has 1 N–H and O–H groups in total. The van der Waals surface area contributed by atoms with Crippen LogP contribution in [0, 0.1) is 19.8 Å². The number of imidazole rings is 2. The van der Waals surface area contributed by atoms with Crippen molar-refractivity contribution < 1.29 is 4.79 Å². The number of aromatic nitrogens is 4. The zero-order valence-electron chi connectivity index (χ0n) is 15.7. The molecule has 5 rings (SSSR count). The van der Waals surface area contributed by atoms with Crippen LogP contribution in [0.3, 0.4) is 0 Å². The smallest absolute Gasteiger partial charge is 0.224 e. The Kier molecular flexibility index (Phi) is 4.80. The van der Waals surface area contributed by atoms with Gasteiger partial charge in [0.25, 0.3) is 0 Å². The lowest BCUT2D eigenvalue weighted by Gasteiger charge is -2.36. The van der Waals surface area contributed by atoms with E-state index in [0.717, 1.165) is 49.8 Å². The lowest BCUT2D eigenvalue weighted by molar-refractivity contribution is -0.135. The quantitative estimate of drug-likeness (QED) is 0.886. The van der Waals surface area contributed by atoms with Crippen LogP contribution in [-0.2, 0) is 17.9 Å². The first-order chi connectivity index (χ1) is 12.6. The van der Waals surface area contributed by atoms with Gasteiger partial charge in [-0.1, -0.05) is 0 Å². The number of fused-ring (bicyclic) bond motifs is 4. The fourth-order valence-electron chi connectivity index (χ4n) is 4.37. The average Bonchev–Trinajstić information content (AvgIpc) is 3.10. The van der Waals surface area contributed by atoms with Crippen LogP contribution < -0.4 is 0 Å². The zero-order valence-corrected chi connectivity index (χ0v) is 15.7. The van der Waals surface area contributed by atoms with E-state index in [9.17, 15) is 4.79 Å². The number of aryl methyl sites for hydroxylation is 3. The first-order valence-corrected chi connectivity index (χ1v) is 9.58. The maximum atomic E-state index is 12.9. The largest absolute Gasteiger partial charge is 0.348 e. The fourth-order valence-corrected chi connectivity index (χ4v) is 4.37. The highest BCUT2D eigenvalue weighted by molar-refractivity contribution is 5.76. The van der Waals surface area contributed by atoms with Crippen molar-refractivity contribution in [2.75, 3.05) is 19.6 Å². The minimum absolute atomic E-state index is 0.283. The second-order valence-electron chi connectivity index (χ2n) is 7.73. The van der Waals surface area contributed by atoms with Crippen LogP contribution >= 0.6 is 0 Å². The Morgan fingerprint density at radius 3 is 2.85 bits per heavy atom. The summed E-state index contributed by atoms with van der Waals surface area (Å²) in [6.07, 6.45) is 8.42. The Balaban J connectivity index is 1.39. The van der Waals surface area contributed by atoms with Crippen molar-refractivity contribution in [2.24, 2.45) is 5.92 Å². The molecular formula is C19H28N6O. The van der Waals surface area contributed by atoms with Crippen LogP contribution in [0.25, 0.3) is 0 Å². The fraction of sp³-hybridized carbons (Fsp3) is 0.632. The molecule has 2 atom stereocenters. The maximum absolute atomic E-state index is 12.9. The average molecular weight is 356 g/mol. The monoisotopic (exact) mass is 356 g/mol. The number of H-pyrrole nitrogens is 1. The summed E-state index contributed by atoms with van der Waals surface area (Å²) < 4.78 is 2.06. The minimum atomic E-state index is 0.283. The van der Waals surface area contributed by atoms with Crippen molar-refractivity contribution in [3.05, 3.63) is 35.9 Å². The highest BCUT2D eigenvalue weighted by atomic mass is 16.2. The molecule has 3 aliphatic heterocycles. The van der Waals surface area contributed by atoms with Crippen molar-refractivity contribution in [2.45, 2.75) is 52.2 Å². The number of aromatic amines is 1. The van der Waals surface area contributed by atoms with Gasteiger partial charge in [-0.15, -0.1) is 0 Å². The number of piperidine rings is 1. The van der Waals surface area contributed by atoms with Gasteiger partial charge in [-0.25, -0.2) is 9.97 Å². The Hall–Kier alpha value is -2.15. The molecule has 2 aromatic rings. The molecule has 3 aliphatic rings. The molecule has 7 heteroatoms. The molecule has 0 aromatic carbocycles. The van der Waals surface area contributed by atoms with E-state index in [-0.39, 0.29) is 5.91 Å². The summed E-state index contributed by atoms with van der Waals surface area (Å²) in [5.41, 5.74) is 2.27. The number of carbonyl (C=O) groups excluding carboxylic acids is 1. The summed E-state index contributed by atoms with van der Waals surface area (Å²) in [6.45, 7) is 8.57. The van der Waals surface area contributed by atoms with Crippen LogP contribution in [-0.4, -0.2) is 60.9 Å². The Labute approximate surface area is 154 Å². The summed E-state index contributed by atoms with van der Waals surface area (Å²) in [4.78, 5) is 29.4. The van der Waals surface area contributed by atoms with Crippen molar-refractivity contribution in [3.63, 3.8) is 0 Å². The van der Waals surface area contributed by atoms with Crippen LogP contribution in [0.5, 0.6) is 0 Å². The van der Waals surface area contributed by atoms with Crippen molar-refractivity contribution in [3.8, 4) is 0 Å². The Morgan fingerprint density at radius 1 is 1.23 bits per heavy atom. The lowest BCUT2D eigenvalue weighted by atomic mass is 9.94. The molecule has 1 amide bonds. The first-order valence-electron chi connectivity index (χ1n) is 9.58. The lowest BCUT2D eigenvalue weighted by Crippen LogP contribution is -2.47. The molecule has 2 bridgehead atoms. The molecule has 0 aliphatic carbocycles. The van der Waals surface area contributed by atoms with Gasteiger partial charge in [0.1, 0.15) is 5.82 Å². The van der Waals surface area contributed by atoms with Gasteiger partial charge in [0.05, 0.1) is 12.0 Å². The summed E-state index contributed by atoms with van der Waals surface area (Å²) in [6, 6.07) is 0.337. The van der Waals surface area contributed by atoms with Gasteiger partial charge in [-0.05, 0) is 32.6 Å². The molecule has 3 saturated heterocycles. The van der Waals surface area contributed by atoms with Crippen molar-refractivity contribution in [1.29, 1.82) is 0 Å². The van der Waals surface area contributed by atoms with E-state index in [2.05, 4.69) is 36.2 Å². The highest BCUT2D eigenvalue weighted by Gasteiger charge is 2.37. The van der Waals surface area contributed by atoms with E-state index < -0.39 is 0 Å². The van der Waals surface area contributed by atoms with E-state index in [1.165, 1.54) is 6.42 Å². The van der Waals surface area contributed by atoms with Crippen LogP contribution in [0.4, 0.5) is 0 Å². The summed E-state index contributed by atoms with van der Waals surface area (Å²) >= 11 is 0. The van der Waals surface area contributed by atoms with Gasteiger partial charge in [0.15, 0.2) is 0 Å². The molecule has 0 radical (unpaired) electrons. The molecule has 0 unspecified atom stereocenters. The van der Waals surface area contributed by atoms with Crippen molar-refractivity contribution >= 4 is 5.91 Å². The topological polar surface area (TPSA) is 70.1 Å². The Morgan fingerprint density at radius 2 is 2.12 bits per heavy atom. The van der Waals surface area contributed by atoms with Gasteiger partial charge in [-0.3, -0.25) is 9.69 Å². The van der Waals surface area contributed by atoms with Gasteiger partial charge < -0.3 is 14.5 Å². The van der Waals surface area contributed by atoms with Gasteiger partial charge in [-0.2, -0.15) is 0 Å². The number of rotatable bonds is 5. The number of amides is 1. The molecule has 140 valence electrons. The first kappa shape index (κ1) is 17.3. The summed E-state index contributed by atoms with van der Waals surface area (Å²) in [5.74, 6) is 1.83. The van der Waals surface area contributed by atoms with Gasteiger partial charge in [0, 0.05) is 63.3 Å². The van der Waals surface area contributed by atoms with Crippen LogP contribution in [0.1, 0.15) is 36.5 Å². The summed E-state index contributed by atoms with van der Waals surface area (Å²) in [5, 5.41) is 0. The van der Waals surface area contributed by atoms with Gasteiger partial charge >= 0.3 is 0 Å². The molecule has 5 heterocycles. The van der Waals surface area contributed by atoms with Crippen LogP contribution in [0.15, 0.2) is 18.7 Å². The second-order valence-corrected chi connectivity index (χ2v) is 7.73. The van der Waals surface area contributed by atoms with E-state index in [1.807, 2.05) is 13.1 Å². The minimum Gasteiger partial charge on any atom is -0.348 e. The van der Waals surface area contributed by atoms with Gasteiger partial charge in [0.2, 0.25) is 5.91 Å². The zero-order chi connectivity index (χ0) is 18.1.